The Bertz CT molecular complexity index is 997. The largest absolute Gasteiger partial charge is 0.306 e. The maximum Gasteiger partial charge on any atom is 0.195 e. The van der Waals surface area contributed by atoms with Crippen LogP contribution in [0.15, 0.2) is 42.0 Å². The number of aromatic amines is 1. The molecule has 0 atom stereocenters. The van der Waals surface area contributed by atoms with Gasteiger partial charge in [-0.1, -0.05) is 31.5 Å². The number of thiophene rings is 1. The molecule has 0 radical (unpaired) electrons. The Morgan fingerprint density at radius 2 is 2.17 bits per heavy atom. The standard InChI is InChI=1S/C14H10ClN5S2.C2H6/c15-9-3-4-19-8-11(16-12(19)6-9)13-17-18-14(21)20(13)7-10-2-1-5-22-10;1-2/h1-6,8H,7H2,(H,18,21);1-2H3. The first-order chi connectivity index (χ1) is 11.7. The molecule has 4 aromatic heterocycles. The Morgan fingerprint density at radius 3 is 2.92 bits per heavy atom. The van der Waals surface area contributed by atoms with Crippen molar-refractivity contribution in [3.05, 3.63) is 56.7 Å². The van der Waals surface area contributed by atoms with E-state index >= 15 is 0 Å². The highest BCUT2D eigenvalue weighted by Crippen LogP contribution is 2.21. The Hall–Kier alpha value is -1.96. The minimum Gasteiger partial charge on any atom is -0.306 e. The lowest BCUT2D eigenvalue weighted by Gasteiger charge is -2.02. The van der Waals surface area contributed by atoms with Crippen molar-refractivity contribution in [3.8, 4) is 11.5 Å². The average Bonchev–Trinajstić information content (AvgIpc) is 3.31. The molecule has 4 heterocycles. The first-order valence-electron chi connectivity index (χ1n) is 7.53. The van der Waals surface area contributed by atoms with E-state index in [-0.39, 0.29) is 0 Å². The molecule has 1 N–H and O–H groups in total. The van der Waals surface area contributed by atoms with Gasteiger partial charge in [0.05, 0.1) is 6.54 Å². The molecule has 124 valence electrons. The van der Waals surface area contributed by atoms with Gasteiger partial charge >= 0.3 is 0 Å². The van der Waals surface area contributed by atoms with Crippen molar-refractivity contribution in [2.45, 2.75) is 20.4 Å². The van der Waals surface area contributed by atoms with Crippen LogP contribution in [0.4, 0.5) is 0 Å². The molecular formula is C16H16ClN5S2. The summed E-state index contributed by atoms with van der Waals surface area (Å²) in [7, 11) is 0. The molecule has 4 rings (SSSR count). The van der Waals surface area contributed by atoms with Crippen LogP contribution in [0.3, 0.4) is 0 Å². The highest BCUT2D eigenvalue weighted by Gasteiger charge is 2.13. The second-order valence-corrected chi connectivity index (χ2v) is 6.61. The number of imidazole rings is 1. The van der Waals surface area contributed by atoms with E-state index < -0.39 is 0 Å². The van der Waals surface area contributed by atoms with Crippen molar-refractivity contribution >= 4 is 40.8 Å². The maximum absolute atomic E-state index is 6.01. The molecule has 0 unspecified atom stereocenters. The molecule has 0 aliphatic rings. The van der Waals surface area contributed by atoms with Crippen LogP contribution in [0, 0.1) is 4.77 Å². The molecular weight excluding hydrogens is 362 g/mol. The van der Waals surface area contributed by atoms with Crippen molar-refractivity contribution < 1.29 is 0 Å². The Morgan fingerprint density at radius 1 is 1.33 bits per heavy atom. The molecule has 0 spiro atoms. The van der Waals surface area contributed by atoms with E-state index in [4.69, 9.17) is 23.8 Å². The van der Waals surface area contributed by atoms with Gasteiger partial charge in [0.1, 0.15) is 11.3 Å². The third kappa shape index (κ3) is 3.28. The third-order valence-electron chi connectivity index (χ3n) is 3.30. The Balaban J connectivity index is 0.000000815. The van der Waals surface area contributed by atoms with E-state index in [0.29, 0.717) is 16.3 Å². The molecule has 0 aliphatic carbocycles. The molecule has 0 fully saturated rings. The zero-order valence-electron chi connectivity index (χ0n) is 13.2. The predicted molar refractivity (Wildman–Crippen MR) is 101 cm³/mol. The number of halogens is 1. The van der Waals surface area contributed by atoms with Crippen LogP contribution in [0.5, 0.6) is 0 Å². The second kappa shape index (κ2) is 7.29. The van der Waals surface area contributed by atoms with Crippen molar-refractivity contribution in [2.75, 3.05) is 0 Å². The van der Waals surface area contributed by atoms with Gasteiger partial charge in [0, 0.05) is 28.4 Å². The first kappa shape index (κ1) is 16.9. The van der Waals surface area contributed by atoms with Crippen LogP contribution in [0.2, 0.25) is 5.02 Å². The van der Waals surface area contributed by atoms with Gasteiger partial charge in [-0.05, 0) is 29.7 Å². The number of H-pyrrole nitrogens is 1. The minimum atomic E-state index is 0.582. The lowest BCUT2D eigenvalue weighted by Crippen LogP contribution is -2.01. The van der Waals surface area contributed by atoms with Crippen LogP contribution < -0.4 is 0 Å². The Labute approximate surface area is 153 Å². The molecule has 0 amide bonds. The highest BCUT2D eigenvalue weighted by molar-refractivity contribution is 7.71. The SMILES string of the molecule is CC.S=c1[nH]nc(-c2cn3ccc(Cl)cc3n2)n1Cc1cccs1. The summed E-state index contributed by atoms with van der Waals surface area (Å²) in [5, 5.41) is 9.88. The van der Waals surface area contributed by atoms with Crippen LogP contribution in [-0.4, -0.2) is 24.1 Å². The van der Waals surface area contributed by atoms with Gasteiger partial charge in [0.25, 0.3) is 0 Å². The summed E-state index contributed by atoms with van der Waals surface area (Å²) in [5.41, 5.74) is 1.53. The smallest absolute Gasteiger partial charge is 0.195 e. The van der Waals surface area contributed by atoms with Crippen molar-refractivity contribution in [1.82, 2.24) is 24.1 Å². The fraction of sp³-hybridized carbons (Fsp3) is 0.188. The van der Waals surface area contributed by atoms with Crippen molar-refractivity contribution in [2.24, 2.45) is 0 Å². The molecule has 0 saturated heterocycles. The van der Waals surface area contributed by atoms with Gasteiger partial charge in [-0.3, -0.25) is 9.67 Å². The first-order valence-corrected chi connectivity index (χ1v) is 9.19. The van der Waals surface area contributed by atoms with E-state index in [1.165, 1.54) is 4.88 Å². The molecule has 5 nitrogen and oxygen atoms in total. The van der Waals surface area contributed by atoms with E-state index in [1.54, 1.807) is 11.3 Å². The fourth-order valence-corrected chi connectivity index (χ4v) is 3.33. The van der Waals surface area contributed by atoms with Gasteiger partial charge < -0.3 is 4.40 Å². The quantitative estimate of drug-likeness (QED) is 0.508. The normalized spacial score (nSPS) is 10.6. The lowest BCUT2D eigenvalue weighted by molar-refractivity contribution is 0.800. The van der Waals surface area contributed by atoms with E-state index in [9.17, 15) is 0 Å². The summed E-state index contributed by atoms with van der Waals surface area (Å²) in [6, 6.07) is 7.74. The summed E-state index contributed by atoms with van der Waals surface area (Å²) in [4.78, 5) is 5.79. The number of pyridine rings is 1. The lowest BCUT2D eigenvalue weighted by atomic mass is 10.4. The summed E-state index contributed by atoms with van der Waals surface area (Å²) in [6.07, 6.45) is 3.79. The second-order valence-electron chi connectivity index (χ2n) is 4.75. The van der Waals surface area contributed by atoms with Crippen molar-refractivity contribution in [3.63, 3.8) is 0 Å². The number of nitrogens with zero attached hydrogens (tertiary/aromatic N) is 4. The van der Waals surface area contributed by atoms with Crippen LogP contribution in [-0.2, 0) is 6.54 Å². The highest BCUT2D eigenvalue weighted by atomic mass is 35.5. The molecule has 4 aromatic rings. The van der Waals surface area contributed by atoms with Crippen LogP contribution >= 0.6 is 35.2 Å². The van der Waals surface area contributed by atoms with Gasteiger partial charge in [-0.25, -0.2) is 4.98 Å². The molecule has 24 heavy (non-hydrogen) atoms. The summed E-state index contributed by atoms with van der Waals surface area (Å²) in [5.74, 6) is 0.721. The topological polar surface area (TPSA) is 50.9 Å². The predicted octanol–water partition coefficient (Wildman–Crippen LogP) is 5.04. The number of nitrogens with one attached hydrogen (secondary N) is 1. The van der Waals surface area contributed by atoms with Gasteiger partial charge in [-0.15, -0.1) is 11.3 Å². The number of hydrogen-bond acceptors (Lipinski definition) is 4. The maximum atomic E-state index is 6.01. The summed E-state index contributed by atoms with van der Waals surface area (Å²) >= 11 is 13.0. The van der Waals surface area contributed by atoms with Crippen LogP contribution in [0.1, 0.15) is 18.7 Å². The van der Waals surface area contributed by atoms with E-state index in [2.05, 4.69) is 21.2 Å². The van der Waals surface area contributed by atoms with E-state index in [0.717, 1.165) is 17.2 Å². The van der Waals surface area contributed by atoms with Gasteiger partial charge in [-0.2, -0.15) is 5.10 Å². The zero-order valence-corrected chi connectivity index (χ0v) is 15.6. The van der Waals surface area contributed by atoms with E-state index in [1.807, 2.05) is 58.8 Å². The summed E-state index contributed by atoms with van der Waals surface area (Å²) < 4.78 is 4.44. The fourth-order valence-electron chi connectivity index (χ4n) is 2.28. The molecule has 0 aromatic carbocycles. The zero-order chi connectivity index (χ0) is 17.1. The Kier molecular flexibility index (Phi) is 5.13. The van der Waals surface area contributed by atoms with Crippen LogP contribution in [0.25, 0.3) is 17.2 Å². The third-order valence-corrected chi connectivity index (χ3v) is 4.71. The average molecular weight is 378 g/mol. The molecule has 0 bridgehead atoms. The number of aromatic nitrogens is 5. The molecule has 8 heteroatoms. The molecule has 0 aliphatic heterocycles. The van der Waals surface area contributed by atoms with Gasteiger partial charge in [0.2, 0.25) is 0 Å². The number of hydrogen-bond donors (Lipinski definition) is 1. The molecule has 0 saturated carbocycles. The van der Waals surface area contributed by atoms with Crippen molar-refractivity contribution in [1.29, 1.82) is 0 Å². The number of fused-ring (bicyclic) bond motifs is 1. The summed E-state index contributed by atoms with van der Waals surface area (Å²) in [6.45, 7) is 4.68. The monoisotopic (exact) mass is 377 g/mol. The van der Waals surface area contributed by atoms with Gasteiger partial charge in [0.15, 0.2) is 10.6 Å². The minimum absolute atomic E-state index is 0.582. The number of rotatable bonds is 3.